The van der Waals surface area contributed by atoms with Crippen LogP contribution in [-0.2, 0) is 4.79 Å². The highest BCUT2D eigenvalue weighted by Crippen LogP contribution is 2.29. The molecule has 0 radical (unpaired) electrons. The van der Waals surface area contributed by atoms with Crippen LogP contribution in [0.1, 0.15) is 30.1 Å². The molecular weight excluding hydrogens is 230 g/mol. The van der Waals surface area contributed by atoms with Crippen LogP contribution in [0.15, 0.2) is 18.2 Å². The summed E-state index contributed by atoms with van der Waals surface area (Å²) in [5.41, 5.74) is 1.80. The van der Waals surface area contributed by atoms with E-state index in [1.807, 2.05) is 25.1 Å². The summed E-state index contributed by atoms with van der Waals surface area (Å²) in [6.45, 7) is 1.96. The van der Waals surface area contributed by atoms with E-state index < -0.39 is 6.10 Å². The van der Waals surface area contributed by atoms with Gasteiger partial charge in [-0.25, -0.2) is 0 Å². The summed E-state index contributed by atoms with van der Waals surface area (Å²) >= 11 is 0. The van der Waals surface area contributed by atoms with E-state index in [1.165, 1.54) is 4.90 Å². The molecular formula is C14H21NO3. The lowest BCUT2D eigenvalue weighted by molar-refractivity contribution is -0.129. The van der Waals surface area contributed by atoms with Crippen LogP contribution >= 0.6 is 0 Å². The van der Waals surface area contributed by atoms with Crippen molar-refractivity contribution in [1.29, 1.82) is 0 Å². The third kappa shape index (κ3) is 3.74. The first-order valence-corrected chi connectivity index (χ1v) is 5.98. The molecule has 0 aromatic heterocycles. The maximum absolute atomic E-state index is 11.5. The molecule has 0 aliphatic carbocycles. The Bertz CT molecular complexity index is 416. The average Bonchev–Trinajstić information content (AvgIpc) is 2.35. The van der Waals surface area contributed by atoms with Gasteiger partial charge in [0.15, 0.2) is 0 Å². The minimum atomic E-state index is -0.677. The molecule has 1 aromatic carbocycles. The van der Waals surface area contributed by atoms with Gasteiger partial charge >= 0.3 is 0 Å². The number of aliphatic hydroxyl groups excluding tert-OH is 1. The molecule has 0 aliphatic rings. The first-order chi connectivity index (χ1) is 8.45. The lowest BCUT2D eigenvalue weighted by Crippen LogP contribution is -2.21. The summed E-state index contributed by atoms with van der Waals surface area (Å²) in [5.74, 6) is 0.672. The Morgan fingerprint density at radius 3 is 2.67 bits per heavy atom. The Hall–Kier alpha value is -1.55. The van der Waals surface area contributed by atoms with Gasteiger partial charge in [0.1, 0.15) is 5.75 Å². The lowest BCUT2D eigenvalue weighted by atomic mass is 10.0. The van der Waals surface area contributed by atoms with Gasteiger partial charge in [-0.05, 0) is 25.5 Å². The standard InChI is InChI=1S/C14H21NO3/c1-10-5-7-13(18-4)11(9-10)12(16)6-8-14(17)15(2)3/h5,7,9,12,16H,6,8H2,1-4H3. The summed E-state index contributed by atoms with van der Waals surface area (Å²) in [6, 6.07) is 5.66. The van der Waals surface area contributed by atoms with Crippen LogP contribution in [0.5, 0.6) is 5.75 Å². The van der Waals surface area contributed by atoms with Crippen molar-refractivity contribution in [1.82, 2.24) is 4.90 Å². The van der Waals surface area contributed by atoms with Crippen LogP contribution in [0.3, 0.4) is 0 Å². The Morgan fingerprint density at radius 1 is 1.44 bits per heavy atom. The second-order valence-electron chi connectivity index (χ2n) is 4.59. The molecule has 0 saturated heterocycles. The highest BCUT2D eigenvalue weighted by molar-refractivity contribution is 5.75. The number of methoxy groups -OCH3 is 1. The quantitative estimate of drug-likeness (QED) is 0.869. The van der Waals surface area contributed by atoms with E-state index in [4.69, 9.17) is 4.74 Å². The largest absolute Gasteiger partial charge is 0.496 e. The van der Waals surface area contributed by atoms with E-state index in [9.17, 15) is 9.90 Å². The Kier molecular flexibility index (Phi) is 5.16. The fourth-order valence-electron chi connectivity index (χ4n) is 1.75. The van der Waals surface area contributed by atoms with Crippen LogP contribution in [0.25, 0.3) is 0 Å². The number of hydrogen-bond acceptors (Lipinski definition) is 3. The van der Waals surface area contributed by atoms with Gasteiger partial charge < -0.3 is 14.7 Å². The fourth-order valence-corrected chi connectivity index (χ4v) is 1.75. The molecule has 4 heteroatoms. The minimum absolute atomic E-state index is 0.0145. The molecule has 0 fully saturated rings. The monoisotopic (exact) mass is 251 g/mol. The maximum Gasteiger partial charge on any atom is 0.222 e. The van der Waals surface area contributed by atoms with Gasteiger partial charge in [0.25, 0.3) is 0 Å². The van der Waals surface area contributed by atoms with Gasteiger partial charge in [-0.15, -0.1) is 0 Å². The van der Waals surface area contributed by atoms with Crippen LogP contribution in [0, 0.1) is 6.92 Å². The second-order valence-corrected chi connectivity index (χ2v) is 4.59. The zero-order valence-corrected chi connectivity index (χ0v) is 11.4. The molecule has 1 aromatic rings. The van der Waals surface area contributed by atoms with Crippen molar-refractivity contribution in [3.63, 3.8) is 0 Å². The Labute approximate surface area is 108 Å². The zero-order chi connectivity index (χ0) is 13.7. The topological polar surface area (TPSA) is 49.8 Å². The number of benzene rings is 1. The molecule has 1 rings (SSSR count). The number of aryl methyl sites for hydroxylation is 1. The van der Waals surface area contributed by atoms with E-state index in [0.717, 1.165) is 11.1 Å². The summed E-state index contributed by atoms with van der Waals surface area (Å²) < 4.78 is 5.22. The number of nitrogens with zero attached hydrogens (tertiary/aromatic N) is 1. The average molecular weight is 251 g/mol. The number of aliphatic hydroxyl groups is 1. The first kappa shape index (κ1) is 14.5. The van der Waals surface area contributed by atoms with Crippen molar-refractivity contribution >= 4 is 5.91 Å². The second kappa shape index (κ2) is 6.40. The van der Waals surface area contributed by atoms with Crippen LogP contribution in [0.2, 0.25) is 0 Å². The number of hydrogen-bond donors (Lipinski definition) is 1. The van der Waals surface area contributed by atoms with Gasteiger partial charge in [0.05, 0.1) is 13.2 Å². The third-order valence-electron chi connectivity index (χ3n) is 2.87. The van der Waals surface area contributed by atoms with Crippen LogP contribution in [0.4, 0.5) is 0 Å². The molecule has 100 valence electrons. The minimum Gasteiger partial charge on any atom is -0.496 e. The van der Waals surface area contributed by atoms with Gasteiger partial charge in [0, 0.05) is 26.1 Å². The smallest absolute Gasteiger partial charge is 0.222 e. The molecule has 4 nitrogen and oxygen atoms in total. The van der Waals surface area contributed by atoms with Gasteiger partial charge in [-0.2, -0.15) is 0 Å². The van der Waals surface area contributed by atoms with Crippen molar-refractivity contribution in [3.8, 4) is 5.75 Å². The van der Waals surface area contributed by atoms with Crippen LogP contribution in [-0.4, -0.2) is 37.1 Å². The van der Waals surface area contributed by atoms with Crippen LogP contribution < -0.4 is 4.74 Å². The molecule has 1 amide bonds. The normalized spacial score (nSPS) is 12.1. The lowest BCUT2D eigenvalue weighted by Gasteiger charge is -2.16. The van der Waals surface area contributed by atoms with E-state index in [1.54, 1.807) is 21.2 Å². The molecule has 0 aliphatic heterocycles. The van der Waals surface area contributed by atoms with Crippen molar-refractivity contribution in [3.05, 3.63) is 29.3 Å². The summed E-state index contributed by atoms with van der Waals surface area (Å²) in [7, 11) is 5.00. The number of ether oxygens (including phenoxy) is 1. The molecule has 0 saturated carbocycles. The van der Waals surface area contributed by atoms with E-state index in [-0.39, 0.29) is 5.91 Å². The molecule has 0 heterocycles. The van der Waals surface area contributed by atoms with Crippen molar-refractivity contribution in [2.45, 2.75) is 25.9 Å². The molecule has 0 bridgehead atoms. The maximum atomic E-state index is 11.5. The summed E-state index contributed by atoms with van der Waals surface area (Å²) in [6.07, 6.45) is 0.0472. The van der Waals surface area contributed by atoms with Gasteiger partial charge in [-0.3, -0.25) is 4.79 Å². The van der Waals surface area contributed by atoms with E-state index >= 15 is 0 Å². The number of carbonyl (C=O) groups is 1. The number of carbonyl (C=O) groups excluding carboxylic acids is 1. The number of amides is 1. The van der Waals surface area contributed by atoms with Crippen molar-refractivity contribution < 1.29 is 14.6 Å². The number of rotatable bonds is 5. The van der Waals surface area contributed by atoms with Crippen molar-refractivity contribution in [2.24, 2.45) is 0 Å². The zero-order valence-electron chi connectivity index (χ0n) is 11.4. The fraction of sp³-hybridized carbons (Fsp3) is 0.500. The summed E-state index contributed by atoms with van der Waals surface area (Å²) in [5, 5.41) is 10.1. The molecule has 1 N–H and O–H groups in total. The van der Waals surface area contributed by atoms with Gasteiger partial charge in [-0.1, -0.05) is 11.6 Å². The Morgan fingerprint density at radius 2 is 2.11 bits per heavy atom. The molecule has 1 atom stereocenters. The first-order valence-electron chi connectivity index (χ1n) is 5.98. The predicted octanol–water partition coefficient (Wildman–Crippen LogP) is 1.91. The highest BCUT2D eigenvalue weighted by Gasteiger charge is 2.15. The highest BCUT2D eigenvalue weighted by atomic mass is 16.5. The van der Waals surface area contributed by atoms with E-state index in [2.05, 4.69) is 0 Å². The third-order valence-corrected chi connectivity index (χ3v) is 2.87. The predicted molar refractivity (Wildman–Crippen MR) is 70.6 cm³/mol. The Balaban J connectivity index is 2.74. The van der Waals surface area contributed by atoms with E-state index in [0.29, 0.717) is 18.6 Å². The molecule has 18 heavy (non-hydrogen) atoms. The molecule has 0 spiro atoms. The SMILES string of the molecule is COc1ccc(C)cc1C(O)CCC(=O)N(C)C. The summed E-state index contributed by atoms with van der Waals surface area (Å²) in [4.78, 5) is 13.0. The van der Waals surface area contributed by atoms with Gasteiger partial charge in [0.2, 0.25) is 5.91 Å². The molecule has 1 unspecified atom stereocenters. The van der Waals surface area contributed by atoms with Crippen molar-refractivity contribution in [2.75, 3.05) is 21.2 Å².